The van der Waals surface area contributed by atoms with Gasteiger partial charge in [0.15, 0.2) is 0 Å². The van der Waals surface area contributed by atoms with Gasteiger partial charge in [-0.3, -0.25) is 9.59 Å². The monoisotopic (exact) mass is 391 g/mol. The van der Waals surface area contributed by atoms with Crippen molar-refractivity contribution in [3.05, 3.63) is 59.7 Å². The van der Waals surface area contributed by atoms with Crippen molar-refractivity contribution in [1.29, 1.82) is 0 Å². The fourth-order valence-corrected chi connectivity index (χ4v) is 3.07. The number of hydrogen-bond donors (Lipinski definition) is 3. The third-order valence-corrected chi connectivity index (χ3v) is 4.54. The summed E-state index contributed by atoms with van der Waals surface area (Å²) >= 11 is 0. The van der Waals surface area contributed by atoms with E-state index in [-0.39, 0.29) is 23.1 Å². The summed E-state index contributed by atoms with van der Waals surface area (Å²) < 4.78 is 38.5. The van der Waals surface area contributed by atoms with Gasteiger partial charge in [0.2, 0.25) is 5.91 Å². The van der Waals surface area contributed by atoms with Crippen molar-refractivity contribution in [2.45, 2.75) is 19.0 Å². The summed E-state index contributed by atoms with van der Waals surface area (Å²) in [7, 11) is 0. The quantitative estimate of drug-likeness (QED) is 0.741. The fourth-order valence-electron chi connectivity index (χ4n) is 3.07. The zero-order chi connectivity index (χ0) is 20.1. The van der Waals surface area contributed by atoms with Gasteiger partial charge in [-0.05, 0) is 49.7 Å². The second-order valence-corrected chi connectivity index (χ2v) is 6.61. The number of amides is 2. The zero-order valence-electron chi connectivity index (χ0n) is 15.0. The van der Waals surface area contributed by atoms with Crippen LogP contribution in [0.5, 0.6) is 0 Å². The van der Waals surface area contributed by atoms with E-state index in [1.54, 1.807) is 18.2 Å². The van der Waals surface area contributed by atoms with Crippen molar-refractivity contribution >= 4 is 23.2 Å². The Kier molecular flexibility index (Phi) is 5.99. The summed E-state index contributed by atoms with van der Waals surface area (Å²) in [5, 5.41) is 8.38. The number of alkyl halides is 3. The molecule has 0 bridgehead atoms. The lowest BCUT2D eigenvalue weighted by molar-refractivity contribution is -0.137. The molecule has 3 rings (SSSR count). The standard InChI is InChI=1S/C20H20F3N3O2/c21-20(22,23)14-6-3-7-15(11-14)25-19(28)16-8-1-2-9-17(16)26-18(27)13-5-4-10-24-12-13/h1-3,6-9,11,13,24H,4-5,10,12H2,(H,25,28)(H,26,27). The molecule has 0 aromatic heterocycles. The number of benzene rings is 2. The van der Waals surface area contributed by atoms with E-state index in [0.717, 1.165) is 31.5 Å². The van der Waals surface area contributed by atoms with Crippen LogP contribution in [0.2, 0.25) is 0 Å². The Hall–Kier alpha value is -2.87. The topological polar surface area (TPSA) is 70.2 Å². The summed E-state index contributed by atoms with van der Waals surface area (Å²) in [4.78, 5) is 25.0. The summed E-state index contributed by atoms with van der Waals surface area (Å²) in [6.07, 6.45) is -2.84. The van der Waals surface area contributed by atoms with Gasteiger partial charge in [0.25, 0.3) is 5.91 Å². The Balaban J connectivity index is 1.75. The van der Waals surface area contributed by atoms with Crippen molar-refractivity contribution in [1.82, 2.24) is 5.32 Å². The molecule has 0 aliphatic carbocycles. The first-order valence-electron chi connectivity index (χ1n) is 8.94. The van der Waals surface area contributed by atoms with Gasteiger partial charge in [0.05, 0.1) is 22.7 Å². The highest BCUT2D eigenvalue weighted by atomic mass is 19.4. The van der Waals surface area contributed by atoms with Gasteiger partial charge in [-0.2, -0.15) is 13.2 Å². The smallest absolute Gasteiger partial charge is 0.325 e. The van der Waals surface area contributed by atoms with E-state index >= 15 is 0 Å². The molecule has 1 atom stereocenters. The number of carbonyl (C=O) groups excluding carboxylic acids is 2. The van der Waals surface area contributed by atoms with E-state index in [9.17, 15) is 22.8 Å². The van der Waals surface area contributed by atoms with Crippen molar-refractivity contribution < 1.29 is 22.8 Å². The summed E-state index contributed by atoms with van der Waals surface area (Å²) in [6, 6.07) is 10.8. The van der Waals surface area contributed by atoms with Gasteiger partial charge < -0.3 is 16.0 Å². The van der Waals surface area contributed by atoms with E-state index < -0.39 is 17.6 Å². The zero-order valence-corrected chi connectivity index (χ0v) is 15.0. The molecule has 5 nitrogen and oxygen atoms in total. The maximum Gasteiger partial charge on any atom is 0.416 e. The summed E-state index contributed by atoms with van der Waals surface area (Å²) in [5.74, 6) is -0.975. The van der Waals surface area contributed by atoms with Crippen LogP contribution in [-0.4, -0.2) is 24.9 Å². The normalized spacial score (nSPS) is 17.0. The van der Waals surface area contributed by atoms with Crippen molar-refractivity contribution in [2.75, 3.05) is 23.7 Å². The Bertz CT molecular complexity index is 862. The van der Waals surface area contributed by atoms with Crippen LogP contribution in [0.4, 0.5) is 24.5 Å². The SMILES string of the molecule is O=C(Nc1cccc(C(F)(F)F)c1)c1ccccc1NC(=O)C1CCCNC1. The second-order valence-electron chi connectivity index (χ2n) is 6.61. The number of hydrogen-bond acceptors (Lipinski definition) is 3. The van der Waals surface area contributed by atoms with Crippen LogP contribution in [-0.2, 0) is 11.0 Å². The molecule has 28 heavy (non-hydrogen) atoms. The molecule has 0 saturated carbocycles. The van der Waals surface area contributed by atoms with Crippen molar-refractivity contribution in [3.8, 4) is 0 Å². The third kappa shape index (κ3) is 4.89. The first kappa shape index (κ1) is 19.9. The van der Waals surface area contributed by atoms with Crippen LogP contribution < -0.4 is 16.0 Å². The number of halogens is 3. The van der Waals surface area contributed by atoms with Gasteiger partial charge in [-0.15, -0.1) is 0 Å². The fraction of sp³-hybridized carbons (Fsp3) is 0.300. The minimum atomic E-state index is -4.50. The average Bonchev–Trinajstić information content (AvgIpc) is 2.68. The molecular weight excluding hydrogens is 371 g/mol. The molecule has 0 radical (unpaired) electrons. The molecule has 1 saturated heterocycles. The van der Waals surface area contributed by atoms with Crippen molar-refractivity contribution in [3.63, 3.8) is 0 Å². The van der Waals surface area contributed by atoms with Crippen LogP contribution in [0.3, 0.4) is 0 Å². The van der Waals surface area contributed by atoms with Crippen LogP contribution >= 0.6 is 0 Å². The lowest BCUT2D eigenvalue weighted by Gasteiger charge is -2.22. The minimum Gasteiger partial charge on any atom is -0.325 e. The largest absolute Gasteiger partial charge is 0.416 e. The molecule has 2 aromatic carbocycles. The summed E-state index contributed by atoms with van der Waals surface area (Å²) in [5.41, 5.74) is -0.325. The molecule has 3 N–H and O–H groups in total. The Morgan fingerprint density at radius 2 is 1.82 bits per heavy atom. The Morgan fingerprint density at radius 3 is 2.54 bits per heavy atom. The van der Waals surface area contributed by atoms with Crippen LogP contribution in [0, 0.1) is 5.92 Å². The Morgan fingerprint density at radius 1 is 1.04 bits per heavy atom. The molecular formula is C20H20F3N3O2. The van der Waals surface area contributed by atoms with E-state index in [1.165, 1.54) is 18.2 Å². The van der Waals surface area contributed by atoms with Gasteiger partial charge in [-0.1, -0.05) is 18.2 Å². The van der Waals surface area contributed by atoms with E-state index in [2.05, 4.69) is 16.0 Å². The number of rotatable bonds is 4. The Labute approximate surface area is 160 Å². The number of anilines is 2. The number of para-hydroxylation sites is 1. The molecule has 1 aliphatic rings. The molecule has 148 valence electrons. The predicted octanol–water partition coefficient (Wildman–Crippen LogP) is 3.90. The van der Waals surface area contributed by atoms with E-state index in [4.69, 9.17) is 0 Å². The van der Waals surface area contributed by atoms with E-state index in [0.29, 0.717) is 12.2 Å². The predicted molar refractivity (Wildman–Crippen MR) is 100 cm³/mol. The highest BCUT2D eigenvalue weighted by Crippen LogP contribution is 2.31. The van der Waals surface area contributed by atoms with E-state index in [1.807, 2.05) is 0 Å². The molecule has 1 heterocycles. The first-order chi connectivity index (χ1) is 13.3. The average molecular weight is 391 g/mol. The van der Waals surface area contributed by atoms with Crippen LogP contribution in [0.15, 0.2) is 48.5 Å². The van der Waals surface area contributed by atoms with Crippen molar-refractivity contribution in [2.24, 2.45) is 5.92 Å². The lowest BCUT2D eigenvalue weighted by Crippen LogP contribution is -2.37. The highest BCUT2D eigenvalue weighted by molar-refractivity contribution is 6.10. The van der Waals surface area contributed by atoms with Gasteiger partial charge in [0.1, 0.15) is 0 Å². The maximum absolute atomic E-state index is 12.8. The minimum absolute atomic E-state index is 0.0254. The molecule has 1 unspecified atom stereocenters. The second kappa shape index (κ2) is 8.43. The summed E-state index contributed by atoms with van der Waals surface area (Å²) in [6.45, 7) is 1.45. The number of nitrogens with one attached hydrogen (secondary N) is 3. The van der Waals surface area contributed by atoms with Crippen LogP contribution in [0.1, 0.15) is 28.8 Å². The van der Waals surface area contributed by atoms with Gasteiger partial charge in [-0.25, -0.2) is 0 Å². The molecule has 1 fully saturated rings. The first-order valence-corrected chi connectivity index (χ1v) is 8.94. The molecule has 2 amide bonds. The molecule has 8 heteroatoms. The number of carbonyl (C=O) groups is 2. The molecule has 2 aromatic rings. The molecule has 1 aliphatic heterocycles. The van der Waals surface area contributed by atoms with Crippen LogP contribution in [0.25, 0.3) is 0 Å². The molecule has 0 spiro atoms. The highest BCUT2D eigenvalue weighted by Gasteiger charge is 2.30. The maximum atomic E-state index is 12.8. The van der Waals surface area contributed by atoms with Gasteiger partial charge >= 0.3 is 6.18 Å². The number of piperidine rings is 1. The van der Waals surface area contributed by atoms with Gasteiger partial charge in [0, 0.05) is 12.2 Å². The lowest BCUT2D eigenvalue weighted by atomic mass is 9.98. The third-order valence-electron chi connectivity index (χ3n) is 4.54.